The molecule has 0 unspecified atom stereocenters. The number of nitrogens with zero attached hydrogens (tertiary/aromatic N) is 1. The van der Waals surface area contributed by atoms with Crippen molar-refractivity contribution in [2.45, 2.75) is 17.1 Å². The summed E-state index contributed by atoms with van der Waals surface area (Å²) < 4.78 is 61.0. The number of benzene rings is 2. The molecule has 3 nitrogen and oxygen atoms in total. The number of likely N-dealkylation sites (tertiary alicyclic amines) is 1. The van der Waals surface area contributed by atoms with Crippen molar-refractivity contribution in [1.29, 1.82) is 0 Å². The van der Waals surface area contributed by atoms with E-state index >= 15 is 0 Å². The lowest BCUT2D eigenvalue weighted by Crippen LogP contribution is -2.43. The highest BCUT2D eigenvalue weighted by molar-refractivity contribution is 7.98. The van der Waals surface area contributed by atoms with Crippen molar-refractivity contribution in [3.05, 3.63) is 59.2 Å². The largest absolute Gasteiger partial charge is 0.415 e. The first-order valence-corrected chi connectivity index (χ1v) is 8.47. The number of hydrogen-bond acceptors (Lipinski definition) is 3. The zero-order valence-corrected chi connectivity index (χ0v) is 13.7. The Labute approximate surface area is 145 Å². The van der Waals surface area contributed by atoms with Crippen molar-refractivity contribution in [3.63, 3.8) is 0 Å². The lowest BCUT2D eigenvalue weighted by Gasteiger charge is -2.29. The molecule has 25 heavy (non-hydrogen) atoms. The molecule has 2 aromatic carbocycles. The van der Waals surface area contributed by atoms with Gasteiger partial charge >= 0.3 is 6.09 Å². The highest BCUT2D eigenvalue weighted by Crippen LogP contribution is 2.37. The minimum absolute atomic E-state index is 0.125. The molecule has 0 bridgehead atoms. The Balaban J connectivity index is 1.84. The van der Waals surface area contributed by atoms with Gasteiger partial charge in [0.05, 0.1) is 4.90 Å². The van der Waals surface area contributed by atoms with E-state index in [0.717, 1.165) is 12.0 Å². The lowest BCUT2D eigenvalue weighted by molar-refractivity contribution is 0.120. The van der Waals surface area contributed by atoms with Crippen molar-refractivity contribution in [3.8, 4) is 5.75 Å². The van der Waals surface area contributed by atoms with Gasteiger partial charge in [-0.25, -0.2) is 13.6 Å². The van der Waals surface area contributed by atoms with E-state index in [1.54, 1.807) is 30.3 Å². The average molecular weight is 371 g/mol. The molecule has 2 aromatic rings. The van der Waals surface area contributed by atoms with Gasteiger partial charge in [0.2, 0.25) is 17.4 Å². The van der Waals surface area contributed by atoms with E-state index in [0.29, 0.717) is 24.9 Å². The second kappa shape index (κ2) is 7.35. The van der Waals surface area contributed by atoms with Gasteiger partial charge in [-0.15, -0.1) is 11.8 Å². The Bertz CT molecular complexity index is 768. The van der Waals surface area contributed by atoms with Crippen LogP contribution in [0.5, 0.6) is 5.75 Å². The number of rotatable bonds is 4. The molecule has 0 spiro atoms. The molecule has 1 fully saturated rings. The summed E-state index contributed by atoms with van der Waals surface area (Å²) in [6.07, 6.45) is -0.301. The first kappa shape index (κ1) is 17.6. The van der Waals surface area contributed by atoms with Gasteiger partial charge in [-0.3, -0.25) is 0 Å². The van der Waals surface area contributed by atoms with Gasteiger partial charge in [0.25, 0.3) is 0 Å². The number of carbonyl (C=O) groups excluding carboxylic acids is 1. The zero-order valence-electron chi connectivity index (χ0n) is 12.9. The van der Waals surface area contributed by atoms with Gasteiger partial charge in [0.1, 0.15) is 0 Å². The van der Waals surface area contributed by atoms with E-state index in [2.05, 4.69) is 4.74 Å². The normalized spacial score (nSPS) is 13.5. The molecule has 1 heterocycles. The third kappa shape index (κ3) is 3.58. The van der Waals surface area contributed by atoms with Crippen molar-refractivity contribution < 1.29 is 27.1 Å². The van der Waals surface area contributed by atoms with E-state index in [-0.39, 0.29) is 5.75 Å². The summed E-state index contributed by atoms with van der Waals surface area (Å²) in [5.74, 6) is -7.82. The Kier molecular flexibility index (Phi) is 5.17. The Morgan fingerprint density at radius 3 is 2.12 bits per heavy atom. The summed E-state index contributed by atoms with van der Waals surface area (Å²) >= 11 is 0.624. The quantitative estimate of drug-likeness (QED) is 0.442. The summed E-state index contributed by atoms with van der Waals surface area (Å²) in [5.41, 5.74) is 0.736. The monoisotopic (exact) mass is 371 g/mol. The predicted octanol–water partition coefficient (Wildman–Crippen LogP) is 4.74. The van der Waals surface area contributed by atoms with Crippen LogP contribution in [0.15, 0.2) is 35.2 Å². The van der Waals surface area contributed by atoms with Gasteiger partial charge in [0, 0.05) is 18.8 Å². The van der Waals surface area contributed by atoms with E-state index in [4.69, 9.17) is 0 Å². The Morgan fingerprint density at radius 1 is 1.00 bits per heavy atom. The average Bonchev–Trinajstić information content (AvgIpc) is 2.56. The van der Waals surface area contributed by atoms with Crippen molar-refractivity contribution in [2.75, 3.05) is 13.1 Å². The SMILES string of the molecule is O=C(Oc1c(F)c(F)c(SCc2ccccc2)c(F)c1F)N1CCC1. The Hall–Kier alpha value is -2.22. The lowest BCUT2D eigenvalue weighted by atomic mass is 10.2. The summed E-state index contributed by atoms with van der Waals surface area (Å²) in [6.45, 7) is 0.746. The standard InChI is InChI=1S/C17H13F4NO2S/c18-11-13(20)16(25-9-10-5-2-1-3-6-10)14(21)12(19)15(11)24-17(23)22-7-4-8-22/h1-3,5-6H,4,7-9H2. The van der Waals surface area contributed by atoms with Gasteiger partial charge in [-0.2, -0.15) is 8.78 Å². The van der Waals surface area contributed by atoms with Gasteiger partial charge in [-0.05, 0) is 12.0 Å². The zero-order chi connectivity index (χ0) is 18.0. The summed E-state index contributed by atoms with van der Waals surface area (Å²) in [4.78, 5) is 12.0. The van der Waals surface area contributed by atoms with Crippen LogP contribution in [0.25, 0.3) is 0 Å². The molecule has 0 aliphatic carbocycles. The van der Waals surface area contributed by atoms with Crippen LogP contribution in [0.1, 0.15) is 12.0 Å². The smallest absolute Gasteiger partial charge is 0.404 e. The van der Waals surface area contributed by atoms with Crippen LogP contribution in [0.4, 0.5) is 22.4 Å². The number of hydrogen-bond donors (Lipinski definition) is 0. The topological polar surface area (TPSA) is 29.5 Å². The van der Waals surface area contributed by atoms with Gasteiger partial charge < -0.3 is 9.64 Å². The fourth-order valence-electron chi connectivity index (χ4n) is 2.19. The molecule has 8 heteroatoms. The Morgan fingerprint density at radius 2 is 1.60 bits per heavy atom. The molecular weight excluding hydrogens is 358 g/mol. The van der Waals surface area contributed by atoms with Gasteiger partial charge in [0.15, 0.2) is 11.6 Å². The fraction of sp³-hybridized carbons (Fsp3) is 0.235. The van der Waals surface area contributed by atoms with Crippen molar-refractivity contribution in [2.24, 2.45) is 0 Å². The van der Waals surface area contributed by atoms with E-state index < -0.39 is 40.0 Å². The number of ether oxygens (including phenoxy) is 1. The molecular formula is C17H13F4NO2S. The first-order valence-electron chi connectivity index (χ1n) is 7.48. The molecule has 0 N–H and O–H groups in total. The molecule has 1 saturated heterocycles. The predicted molar refractivity (Wildman–Crippen MR) is 84.5 cm³/mol. The number of halogens is 4. The highest BCUT2D eigenvalue weighted by Gasteiger charge is 2.31. The van der Waals surface area contributed by atoms with Crippen molar-refractivity contribution in [1.82, 2.24) is 4.90 Å². The molecule has 1 amide bonds. The molecule has 132 valence electrons. The maximum absolute atomic E-state index is 14.1. The molecule has 0 atom stereocenters. The molecule has 0 saturated carbocycles. The highest BCUT2D eigenvalue weighted by atomic mass is 32.2. The van der Waals surface area contributed by atoms with Gasteiger partial charge in [-0.1, -0.05) is 30.3 Å². The second-order valence-electron chi connectivity index (χ2n) is 5.40. The third-order valence-electron chi connectivity index (χ3n) is 3.71. The van der Waals surface area contributed by atoms with Crippen LogP contribution < -0.4 is 4.74 Å². The third-order valence-corrected chi connectivity index (χ3v) is 4.84. The maximum atomic E-state index is 14.1. The van der Waals surface area contributed by atoms with Crippen LogP contribution in [-0.4, -0.2) is 24.1 Å². The van der Waals surface area contributed by atoms with E-state index in [9.17, 15) is 22.4 Å². The second-order valence-corrected chi connectivity index (χ2v) is 6.38. The van der Waals surface area contributed by atoms with Crippen LogP contribution in [0.3, 0.4) is 0 Å². The van der Waals surface area contributed by atoms with E-state index in [1.165, 1.54) is 4.90 Å². The number of carbonyl (C=O) groups is 1. The molecule has 0 radical (unpaired) electrons. The minimum Gasteiger partial charge on any atom is -0.404 e. The summed E-state index contributed by atoms with van der Waals surface area (Å²) in [6, 6.07) is 8.69. The van der Waals surface area contributed by atoms with Crippen LogP contribution in [0.2, 0.25) is 0 Å². The fourth-order valence-corrected chi connectivity index (χ4v) is 3.12. The van der Waals surface area contributed by atoms with Crippen LogP contribution in [0, 0.1) is 23.3 Å². The van der Waals surface area contributed by atoms with Crippen LogP contribution in [-0.2, 0) is 5.75 Å². The van der Waals surface area contributed by atoms with E-state index in [1.807, 2.05) is 0 Å². The summed E-state index contributed by atoms with van der Waals surface area (Å²) in [7, 11) is 0. The number of thioether (sulfide) groups is 1. The molecule has 1 aliphatic rings. The maximum Gasteiger partial charge on any atom is 0.415 e. The molecule has 3 rings (SSSR count). The summed E-state index contributed by atoms with van der Waals surface area (Å²) in [5, 5.41) is 0. The minimum atomic E-state index is -1.72. The first-order chi connectivity index (χ1) is 12.0. The van der Waals surface area contributed by atoms with Crippen LogP contribution >= 0.6 is 11.8 Å². The van der Waals surface area contributed by atoms with Crippen molar-refractivity contribution >= 4 is 17.9 Å². The molecule has 1 aliphatic heterocycles. The molecule has 0 aromatic heterocycles. The number of amides is 1.